The molecule has 1 unspecified atom stereocenters. The first-order chi connectivity index (χ1) is 11.7. The van der Waals surface area contributed by atoms with E-state index in [1.807, 2.05) is 36.1 Å². The van der Waals surface area contributed by atoms with Gasteiger partial charge in [0.2, 0.25) is 11.8 Å². The molecule has 24 heavy (non-hydrogen) atoms. The van der Waals surface area contributed by atoms with Gasteiger partial charge in [0.1, 0.15) is 12.3 Å². The highest BCUT2D eigenvalue weighted by Crippen LogP contribution is 2.31. The Kier molecular flexibility index (Phi) is 5.35. The zero-order chi connectivity index (χ0) is 16.9. The first-order valence-electron chi connectivity index (χ1n) is 8.56. The minimum Gasteiger partial charge on any atom is -0.491 e. The van der Waals surface area contributed by atoms with Gasteiger partial charge in [0, 0.05) is 25.6 Å². The Bertz CT molecular complexity index is 598. The maximum atomic E-state index is 12.7. The molecule has 0 bridgehead atoms. The molecule has 130 valence electrons. The lowest BCUT2D eigenvalue weighted by Gasteiger charge is -2.28. The standard InChI is InChI=1S/C18H24N2O4/c1-2-19(11-14-7-9-23-13-14)18(22)12-20-15-5-3-4-6-16(15)24-10-8-17(20)21/h3-6,14H,2,7-13H2,1H3. The predicted octanol–water partition coefficient (Wildman–Crippen LogP) is 1.69. The van der Waals surface area contributed by atoms with Crippen molar-refractivity contribution in [2.45, 2.75) is 19.8 Å². The number of ether oxygens (including phenoxy) is 2. The molecule has 6 nitrogen and oxygen atoms in total. The van der Waals surface area contributed by atoms with Crippen molar-refractivity contribution in [3.8, 4) is 5.75 Å². The van der Waals surface area contributed by atoms with Gasteiger partial charge in [0.15, 0.2) is 0 Å². The number of benzene rings is 1. The number of hydrogen-bond acceptors (Lipinski definition) is 4. The first kappa shape index (κ1) is 16.8. The highest BCUT2D eigenvalue weighted by atomic mass is 16.5. The van der Waals surface area contributed by atoms with Crippen LogP contribution in [0, 0.1) is 5.92 Å². The van der Waals surface area contributed by atoms with Crippen molar-refractivity contribution in [3.63, 3.8) is 0 Å². The van der Waals surface area contributed by atoms with E-state index in [1.54, 1.807) is 4.90 Å². The van der Waals surface area contributed by atoms with E-state index in [0.717, 1.165) is 13.0 Å². The van der Waals surface area contributed by atoms with Crippen LogP contribution in [0.1, 0.15) is 19.8 Å². The van der Waals surface area contributed by atoms with Crippen LogP contribution in [0.4, 0.5) is 5.69 Å². The van der Waals surface area contributed by atoms with Crippen LogP contribution in [0.15, 0.2) is 24.3 Å². The molecule has 1 atom stereocenters. The molecule has 6 heteroatoms. The number of para-hydroxylation sites is 2. The molecule has 1 aromatic rings. The molecule has 1 saturated heterocycles. The summed E-state index contributed by atoms with van der Waals surface area (Å²) in [6, 6.07) is 7.38. The molecule has 2 heterocycles. The quantitative estimate of drug-likeness (QED) is 0.823. The Labute approximate surface area is 142 Å². The van der Waals surface area contributed by atoms with E-state index < -0.39 is 0 Å². The van der Waals surface area contributed by atoms with Crippen molar-refractivity contribution in [2.24, 2.45) is 5.92 Å². The van der Waals surface area contributed by atoms with Gasteiger partial charge in [0.05, 0.1) is 25.3 Å². The minimum absolute atomic E-state index is 0.0329. The van der Waals surface area contributed by atoms with Gasteiger partial charge in [-0.1, -0.05) is 12.1 Å². The predicted molar refractivity (Wildman–Crippen MR) is 90.1 cm³/mol. The molecule has 2 amide bonds. The topological polar surface area (TPSA) is 59.1 Å². The fourth-order valence-electron chi connectivity index (χ4n) is 3.17. The molecule has 1 fully saturated rings. The van der Waals surface area contributed by atoms with E-state index >= 15 is 0 Å². The molecule has 2 aliphatic heterocycles. The molecule has 0 aromatic heterocycles. The van der Waals surface area contributed by atoms with Crippen molar-refractivity contribution < 1.29 is 19.1 Å². The van der Waals surface area contributed by atoms with Crippen LogP contribution < -0.4 is 9.64 Å². The lowest BCUT2D eigenvalue weighted by atomic mass is 10.1. The maximum Gasteiger partial charge on any atom is 0.242 e. The summed E-state index contributed by atoms with van der Waals surface area (Å²) in [5, 5.41) is 0. The van der Waals surface area contributed by atoms with Gasteiger partial charge in [-0.2, -0.15) is 0 Å². The number of hydrogen-bond donors (Lipinski definition) is 0. The summed E-state index contributed by atoms with van der Waals surface area (Å²) in [5.41, 5.74) is 0.675. The zero-order valence-corrected chi connectivity index (χ0v) is 14.1. The van der Waals surface area contributed by atoms with Gasteiger partial charge >= 0.3 is 0 Å². The van der Waals surface area contributed by atoms with E-state index in [0.29, 0.717) is 43.7 Å². The van der Waals surface area contributed by atoms with Crippen LogP contribution in [-0.4, -0.2) is 56.2 Å². The second-order valence-corrected chi connectivity index (χ2v) is 6.21. The number of fused-ring (bicyclic) bond motifs is 1. The number of carbonyl (C=O) groups excluding carboxylic acids is 2. The average molecular weight is 332 g/mol. The Morgan fingerprint density at radius 3 is 2.92 bits per heavy atom. The van der Waals surface area contributed by atoms with E-state index in [1.165, 1.54) is 0 Å². The molecule has 0 N–H and O–H groups in total. The summed E-state index contributed by atoms with van der Waals surface area (Å²) in [5.74, 6) is 0.941. The Morgan fingerprint density at radius 2 is 2.17 bits per heavy atom. The number of carbonyl (C=O) groups is 2. The SMILES string of the molecule is CCN(CC1CCOC1)C(=O)CN1C(=O)CCOc2ccccc21. The highest BCUT2D eigenvalue weighted by molar-refractivity contribution is 6.00. The second kappa shape index (κ2) is 7.66. The summed E-state index contributed by atoms with van der Waals surface area (Å²) in [4.78, 5) is 28.5. The van der Waals surface area contributed by atoms with E-state index in [9.17, 15) is 9.59 Å². The van der Waals surface area contributed by atoms with Crippen molar-refractivity contribution in [1.29, 1.82) is 0 Å². The summed E-state index contributed by atoms with van der Waals surface area (Å²) < 4.78 is 11.0. The molecular formula is C18H24N2O4. The van der Waals surface area contributed by atoms with E-state index in [2.05, 4.69) is 0 Å². The van der Waals surface area contributed by atoms with Crippen LogP contribution >= 0.6 is 0 Å². The number of amides is 2. The fourth-order valence-corrected chi connectivity index (χ4v) is 3.17. The summed E-state index contributed by atoms with van der Waals surface area (Å²) in [6.45, 7) is 5.17. The van der Waals surface area contributed by atoms with E-state index in [-0.39, 0.29) is 24.8 Å². The monoisotopic (exact) mass is 332 g/mol. The van der Waals surface area contributed by atoms with Crippen molar-refractivity contribution in [3.05, 3.63) is 24.3 Å². The number of nitrogens with zero attached hydrogens (tertiary/aromatic N) is 2. The Morgan fingerprint density at radius 1 is 1.33 bits per heavy atom. The van der Waals surface area contributed by atoms with E-state index in [4.69, 9.17) is 9.47 Å². The van der Waals surface area contributed by atoms with Gasteiger partial charge < -0.3 is 14.4 Å². The third-order valence-corrected chi connectivity index (χ3v) is 4.56. The highest BCUT2D eigenvalue weighted by Gasteiger charge is 2.28. The summed E-state index contributed by atoms with van der Waals surface area (Å²) in [6.07, 6.45) is 1.27. The Hall–Kier alpha value is -2.08. The van der Waals surface area contributed by atoms with Gasteiger partial charge in [-0.05, 0) is 25.5 Å². The number of rotatable bonds is 5. The smallest absolute Gasteiger partial charge is 0.242 e. The fraction of sp³-hybridized carbons (Fsp3) is 0.556. The molecule has 2 aliphatic rings. The second-order valence-electron chi connectivity index (χ2n) is 6.21. The molecule has 0 saturated carbocycles. The van der Waals surface area contributed by atoms with Gasteiger partial charge in [-0.3, -0.25) is 14.5 Å². The molecule has 0 radical (unpaired) electrons. The first-order valence-corrected chi connectivity index (χ1v) is 8.56. The van der Waals surface area contributed by atoms with Gasteiger partial charge in [0.25, 0.3) is 0 Å². The Balaban J connectivity index is 1.72. The van der Waals surface area contributed by atoms with Crippen molar-refractivity contribution >= 4 is 17.5 Å². The summed E-state index contributed by atoms with van der Waals surface area (Å²) in [7, 11) is 0. The van der Waals surface area contributed by atoms with Crippen LogP contribution in [0.2, 0.25) is 0 Å². The van der Waals surface area contributed by atoms with Crippen LogP contribution in [0.3, 0.4) is 0 Å². The van der Waals surface area contributed by atoms with Crippen molar-refractivity contribution in [2.75, 3.05) is 44.4 Å². The van der Waals surface area contributed by atoms with Crippen LogP contribution in [0.5, 0.6) is 5.75 Å². The molecule has 3 rings (SSSR count). The minimum atomic E-state index is -0.0754. The maximum absolute atomic E-state index is 12.7. The molecule has 0 aliphatic carbocycles. The third-order valence-electron chi connectivity index (χ3n) is 4.56. The lowest BCUT2D eigenvalue weighted by molar-refractivity contribution is -0.131. The number of anilines is 1. The normalized spacial score (nSPS) is 20.3. The molecule has 1 aromatic carbocycles. The van der Waals surface area contributed by atoms with Gasteiger partial charge in [-0.25, -0.2) is 0 Å². The average Bonchev–Trinajstić information content (AvgIpc) is 3.05. The molecule has 0 spiro atoms. The molecular weight excluding hydrogens is 308 g/mol. The third kappa shape index (κ3) is 3.70. The summed E-state index contributed by atoms with van der Waals surface area (Å²) >= 11 is 0. The lowest BCUT2D eigenvalue weighted by Crippen LogP contribution is -2.44. The zero-order valence-electron chi connectivity index (χ0n) is 14.1. The van der Waals surface area contributed by atoms with Crippen LogP contribution in [0.25, 0.3) is 0 Å². The van der Waals surface area contributed by atoms with Crippen LogP contribution in [-0.2, 0) is 14.3 Å². The van der Waals surface area contributed by atoms with Crippen molar-refractivity contribution in [1.82, 2.24) is 4.90 Å². The number of likely N-dealkylation sites (N-methyl/N-ethyl adjacent to an activating group) is 1. The largest absolute Gasteiger partial charge is 0.491 e. The van der Waals surface area contributed by atoms with Gasteiger partial charge in [-0.15, -0.1) is 0 Å².